The van der Waals surface area contributed by atoms with E-state index >= 15 is 0 Å². The number of thiophene rings is 1. The molecule has 0 aromatic carbocycles. The molecule has 90 valence electrons. The van der Waals surface area contributed by atoms with Crippen LogP contribution in [-0.4, -0.2) is 20.8 Å². The summed E-state index contributed by atoms with van der Waals surface area (Å²) in [7, 11) is 0. The number of hydrogen-bond donors (Lipinski definition) is 1. The average molecular weight is 269 g/mol. The van der Waals surface area contributed by atoms with Gasteiger partial charge in [-0.25, -0.2) is 4.98 Å². The molecular formula is C12H13ClN2OS. The van der Waals surface area contributed by atoms with E-state index in [2.05, 4.69) is 9.55 Å². The third-order valence-corrected chi connectivity index (χ3v) is 4.60. The highest BCUT2D eigenvalue weighted by Gasteiger charge is 2.26. The van der Waals surface area contributed by atoms with Crippen LogP contribution in [0.5, 0.6) is 0 Å². The lowest BCUT2D eigenvalue weighted by Crippen LogP contribution is -2.07. The fourth-order valence-electron chi connectivity index (χ4n) is 2.42. The van der Waals surface area contributed by atoms with E-state index in [9.17, 15) is 5.11 Å². The Morgan fingerprint density at radius 1 is 1.47 bits per heavy atom. The minimum absolute atomic E-state index is 0.172. The smallest absolute Gasteiger partial charge is 0.151 e. The fraction of sp³-hybridized carbons (Fsp3) is 0.417. The first-order chi connectivity index (χ1) is 8.25. The normalized spacial score (nSPS) is 24.4. The maximum atomic E-state index is 9.62. The van der Waals surface area contributed by atoms with Crippen molar-refractivity contribution in [3.63, 3.8) is 0 Å². The van der Waals surface area contributed by atoms with E-state index < -0.39 is 0 Å². The van der Waals surface area contributed by atoms with Gasteiger partial charge in [0.15, 0.2) is 5.82 Å². The number of aromatic nitrogens is 2. The summed E-state index contributed by atoms with van der Waals surface area (Å²) in [5.41, 5.74) is 0. The maximum Gasteiger partial charge on any atom is 0.151 e. The van der Waals surface area contributed by atoms with Crippen LogP contribution < -0.4 is 0 Å². The minimum atomic E-state index is -0.172. The quantitative estimate of drug-likeness (QED) is 0.907. The van der Waals surface area contributed by atoms with E-state index in [-0.39, 0.29) is 6.10 Å². The third-order valence-electron chi connectivity index (χ3n) is 3.26. The van der Waals surface area contributed by atoms with Crippen molar-refractivity contribution in [2.45, 2.75) is 31.4 Å². The molecule has 17 heavy (non-hydrogen) atoms. The Kier molecular flexibility index (Phi) is 2.94. The van der Waals surface area contributed by atoms with Crippen molar-refractivity contribution in [1.29, 1.82) is 0 Å². The molecule has 2 aromatic heterocycles. The van der Waals surface area contributed by atoms with Crippen LogP contribution in [0.15, 0.2) is 23.8 Å². The molecule has 2 atom stereocenters. The van der Waals surface area contributed by atoms with Crippen LogP contribution in [0.25, 0.3) is 10.7 Å². The van der Waals surface area contributed by atoms with E-state index in [1.54, 1.807) is 17.5 Å². The van der Waals surface area contributed by atoms with Crippen molar-refractivity contribution in [3.8, 4) is 10.7 Å². The molecule has 0 saturated heterocycles. The minimum Gasteiger partial charge on any atom is -0.393 e. The number of hydrogen-bond acceptors (Lipinski definition) is 3. The number of halogens is 1. The molecule has 2 heterocycles. The van der Waals surface area contributed by atoms with E-state index in [4.69, 9.17) is 11.6 Å². The predicted molar refractivity (Wildman–Crippen MR) is 69.4 cm³/mol. The van der Waals surface area contributed by atoms with Crippen LogP contribution in [0.2, 0.25) is 5.02 Å². The maximum absolute atomic E-state index is 9.62. The summed E-state index contributed by atoms with van der Waals surface area (Å²) in [4.78, 5) is 5.41. The number of aliphatic hydroxyl groups excluding tert-OH is 1. The lowest BCUT2D eigenvalue weighted by atomic mass is 10.2. The second kappa shape index (κ2) is 4.44. The summed E-state index contributed by atoms with van der Waals surface area (Å²) in [6.07, 6.45) is 6.30. The molecule has 3 nitrogen and oxygen atoms in total. The second-order valence-corrected chi connectivity index (χ2v) is 5.70. The van der Waals surface area contributed by atoms with Crippen molar-refractivity contribution < 1.29 is 5.11 Å². The molecule has 1 fully saturated rings. The van der Waals surface area contributed by atoms with Crippen LogP contribution in [0.4, 0.5) is 0 Å². The molecule has 0 bridgehead atoms. The van der Waals surface area contributed by atoms with Crippen molar-refractivity contribution >= 4 is 22.9 Å². The molecular weight excluding hydrogens is 256 g/mol. The van der Waals surface area contributed by atoms with E-state index in [0.29, 0.717) is 6.04 Å². The first-order valence-corrected chi connectivity index (χ1v) is 6.95. The second-order valence-electron chi connectivity index (χ2n) is 4.38. The molecule has 1 aliphatic rings. The van der Waals surface area contributed by atoms with Crippen molar-refractivity contribution in [2.75, 3.05) is 0 Å². The molecule has 5 heteroatoms. The SMILES string of the molecule is O[C@H]1CC[C@@H](n2ccnc2-c2sccc2Cl)C1. The monoisotopic (exact) mass is 268 g/mol. The molecule has 0 unspecified atom stereocenters. The fourth-order valence-corrected chi connectivity index (χ4v) is 3.56. The zero-order valence-corrected chi connectivity index (χ0v) is 10.8. The topological polar surface area (TPSA) is 38.0 Å². The Hall–Kier alpha value is -0.840. The first-order valence-electron chi connectivity index (χ1n) is 5.70. The molecule has 1 saturated carbocycles. The molecule has 0 aliphatic heterocycles. The van der Waals surface area contributed by atoms with Gasteiger partial charge in [0, 0.05) is 18.4 Å². The summed E-state index contributed by atoms with van der Waals surface area (Å²) < 4.78 is 2.15. The van der Waals surface area contributed by atoms with Gasteiger partial charge in [-0.1, -0.05) is 11.6 Å². The van der Waals surface area contributed by atoms with Gasteiger partial charge in [0.1, 0.15) is 0 Å². The Morgan fingerprint density at radius 2 is 2.35 bits per heavy atom. The van der Waals surface area contributed by atoms with Crippen molar-refractivity contribution in [2.24, 2.45) is 0 Å². The van der Waals surface area contributed by atoms with E-state index in [1.807, 2.05) is 17.6 Å². The van der Waals surface area contributed by atoms with Crippen LogP contribution in [0.1, 0.15) is 25.3 Å². The molecule has 2 aromatic rings. The summed E-state index contributed by atoms with van der Waals surface area (Å²) >= 11 is 7.75. The van der Waals surface area contributed by atoms with Crippen LogP contribution in [-0.2, 0) is 0 Å². The van der Waals surface area contributed by atoms with Crippen LogP contribution >= 0.6 is 22.9 Å². The summed E-state index contributed by atoms with van der Waals surface area (Å²) in [5, 5.41) is 12.3. The Labute approximate surface area is 109 Å². The van der Waals surface area contributed by atoms with Crippen LogP contribution in [0.3, 0.4) is 0 Å². The van der Waals surface area contributed by atoms with Gasteiger partial charge >= 0.3 is 0 Å². The van der Waals surface area contributed by atoms with Gasteiger partial charge in [0.25, 0.3) is 0 Å². The number of nitrogens with zero attached hydrogens (tertiary/aromatic N) is 2. The average Bonchev–Trinajstić information content (AvgIpc) is 2.97. The first kappa shape index (κ1) is 11.3. The summed E-state index contributed by atoms with van der Waals surface area (Å²) in [5.74, 6) is 0.920. The largest absolute Gasteiger partial charge is 0.393 e. The van der Waals surface area contributed by atoms with Crippen LogP contribution in [0, 0.1) is 0 Å². The molecule has 0 spiro atoms. The van der Waals surface area contributed by atoms with Gasteiger partial charge in [0.2, 0.25) is 0 Å². The molecule has 3 rings (SSSR count). The van der Waals surface area contributed by atoms with Crippen molar-refractivity contribution in [3.05, 3.63) is 28.9 Å². The Morgan fingerprint density at radius 3 is 3.00 bits per heavy atom. The number of imidazole rings is 1. The lowest BCUT2D eigenvalue weighted by molar-refractivity contribution is 0.178. The van der Waals surface area contributed by atoms with E-state index in [1.165, 1.54) is 0 Å². The zero-order chi connectivity index (χ0) is 11.8. The Bertz CT molecular complexity index is 522. The highest BCUT2D eigenvalue weighted by Crippen LogP contribution is 2.37. The van der Waals surface area contributed by atoms with Gasteiger partial charge < -0.3 is 9.67 Å². The Balaban J connectivity index is 1.97. The number of aliphatic hydroxyl groups is 1. The van der Waals surface area contributed by atoms with Gasteiger partial charge in [-0.15, -0.1) is 11.3 Å². The van der Waals surface area contributed by atoms with Gasteiger partial charge in [0.05, 0.1) is 16.0 Å². The lowest BCUT2D eigenvalue weighted by Gasteiger charge is -2.14. The molecule has 0 amide bonds. The summed E-state index contributed by atoms with van der Waals surface area (Å²) in [6, 6.07) is 2.24. The third kappa shape index (κ3) is 2.01. The van der Waals surface area contributed by atoms with Gasteiger partial charge in [-0.05, 0) is 30.7 Å². The van der Waals surface area contributed by atoms with Gasteiger partial charge in [-0.3, -0.25) is 0 Å². The number of rotatable bonds is 2. The van der Waals surface area contributed by atoms with Crippen molar-refractivity contribution in [1.82, 2.24) is 9.55 Å². The molecule has 0 radical (unpaired) electrons. The predicted octanol–water partition coefficient (Wildman–Crippen LogP) is 3.35. The molecule has 1 N–H and O–H groups in total. The molecule has 1 aliphatic carbocycles. The zero-order valence-electron chi connectivity index (χ0n) is 9.21. The highest BCUT2D eigenvalue weighted by molar-refractivity contribution is 7.14. The summed E-state index contributed by atoms with van der Waals surface area (Å²) in [6.45, 7) is 0. The van der Waals surface area contributed by atoms with E-state index in [0.717, 1.165) is 35.0 Å². The van der Waals surface area contributed by atoms with Gasteiger partial charge in [-0.2, -0.15) is 0 Å². The highest BCUT2D eigenvalue weighted by atomic mass is 35.5. The standard InChI is InChI=1S/C12H13ClN2OS/c13-10-3-6-17-11(10)12-14-4-5-15(12)8-1-2-9(16)7-8/h3-6,8-9,16H,1-2,7H2/t8-,9+/m1/s1.